The highest BCUT2D eigenvalue weighted by Gasteiger charge is 2.18. The van der Waals surface area contributed by atoms with Gasteiger partial charge in [-0.3, -0.25) is 0 Å². The van der Waals surface area contributed by atoms with Crippen LogP contribution in [0.4, 0.5) is 0 Å². The molecule has 0 aliphatic heterocycles. The topological polar surface area (TPSA) is 23.8 Å². The molecule has 0 aliphatic rings. The highest BCUT2D eigenvalue weighted by Crippen LogP contribution is 2.22. The maximum atomic E-state index is 8.89. The van der Waals surface area contributed by atoms with Gasteiger partial charge in [-0.15, -0.1) is 0 Å². The quantitative estimate of drug-likeness (QED) is 0.658. The Morgan fingerprint density at radius 2 is 1.79 bits per heavy atom. The smallest absolute Gasteiger partial charge is 0.0766 e. The second-order valence-electron chi connectivity index (χ2n) is 3.61. The van der Waals surface area contributed by atoms with Gasteiger partial charge in [0.15, 0.2) is 0 Å². The summed E-state index contributed by atoms with van der Waals surface area (Å²) in [5, 5.41) is 8.89. The van der Waals surface area contributed by atoms with Crippen LogP contribution in [0.3, 0.4) is 0 Å². The van der Waals surface area contributed by atoms with Crippen molar-refractivity contribution in [1.82, 2.24) is 0 Å². The molecule has 0 atom stereocenters. The molecule has 0 amide bonds. The molecule has 14 heavy (non-hydrogen) atoms. The average Bonchev–Trinajstić information content (AvgIpc) is 2.21. The van der Waals surface area contributed by atoms with Crippen LogP contribution >= 0.6 is 0 Å². The predicted octanol–water partition coefficient (Wildman–Crippen LogP) is 3.82. The van der Waals surface area contributed by atoms with Crippen molar-refractivity contribution in [3.05, 3.63) is 35.4 Å². The van der Waals surface area contributed by atoms with E-state index in [0.717, 1.165) is 5.56 Å². The lowest BCUT2D eigenvalue weighted by Crippen LogP contribution is -2.13. The molecule has 0 saturated carbocycles. The summed E-state index contributed by atoms with van der Waals surface area (Å²) in [5.74, 6) is 0. The summed E-state index contributed by atoms with van der Waals surface area (Å²) >= 11 is 0. The third kappa shape index (κ3) is 3.22. The molecule has 1 heteroatoms. The fourth-order valence-corrected chi connectivity index (χ4v) is 1.10. The van der Waals surface area contributed by atoms with Crippen molar-refractivity contribution in [3.63, 3.8) is 0 Å². The molecule has 1 aromatic carbocycles. The summed E-state index contributed by atoms with van der Waals surface area (Å²) in [5.41, 5.74) is 1.92. The molecule has 0 saturated heterocycles. The van der Waals surface area contributed by atoms with Crippen LogP contribution in [0.2, 0.25) is 0 Å². The summed E-state index contributed by atoms with van der Waals surface area (Å²) in [6.07, 6.45) is 0. The normalized spacial score (nSPS) is 9.71. The van der Waals surface area contributed by atoms with E-state index < -0.39 is 0 Å². The van der Waals surface area contributed by atoms with Crippen molar-refractivity contribution in [2.75, 3.05) is 0 Å². The third-order valence-electron chi connectivity index (χ3n) is 2.02. The highest BCUT2D eigenvalue weighted by molar-refractivity contribution is 5.32. The molecule has 0 spiro atoms. The first-order valence-corrected chi connectivity index (χ1v) is 5.04. The van der Waals surface area contributed by atoms with Crippen molar-refractivity contribution >= 4 is 0 Å². The predicted molar refractivity (Wildman–Crippen MR) is 61.2 cm³/mol. The molecule has 76 valence electrons. The second kappa shape index (κ2) is 5.44. The summed E-state index contributed by atoms with van der Waals surface area (Å²) in [4.78, 5) is 0. The Kier molecular flexibility index (Phi) is 4.94. The van der Waals surface area contributed by atoms with E-state index >= 15 is 0 Å². The van der Waals surface area contributed by atoms with Crippen molar-refractivity contribution in [2.45, 2.75) is 40.0 Å². The molecule has 0 heterocycles. The van der Waals surface area contributed by atoms with Crippen LogP contribution in [-0.4, -0.2) is 0 Å². The maximum absolute atomic E-state index is 8.89. The third-order valence-corrected chi connectivity index (χ3v) is 2.02. The maximum Gasteiger partial charge on any atom is 0.0766 e. The zero-order valence-electron chi connectivity index (χ0n) is 9.76. The van der Waals surface area contributed by atoms with Crippen LogP contribution in [0.5, 0.6) is 0 Å². The van der Waals surface area contributed by atoms with Crippen molar-refractivity contribution in [3.8, 4) is 6.07 Å². The lowest BCUT2D eigenvalue weighted by molar-refractivity contribution is 0.686. The van der Waals surface area contributed by atoms with Gasteiger partial charge in [0.05, 0.1) is 11.5 Å². The zero-order chi connectivity index (χ0) is 11.2. The molecule has 0 N–H and O–H groups in total. The van der Waals surface area contributed by atoms with Crippen LogP contribution in [0.15, 0.2) is 24.3 Å². The van der Waals surface area contributed by atoms with E-state index in [1.165, 1.54) is 5.56 Å². The van der Waals surface area contributed by atoms with Gasteiger partial charge in [-0.05, 0) is 26.3 Å². The summed E-state index contributed by atoms with van der Waals surface area (Å²) < 4.78 is 0. The molecule has 0 bridgehead atoms. The van der Waals surface area contributed by atoms with E-state index in [0.29, 0.717) is 0 Å². The highest BCUT2D eigenvalue weighted by atomic mass is 14.3. The number of rotatable bonds is 1. The van der Waals surface area contributed by atoms with E-state index in [2.05, 4.69) is 12.1 Å². The van der Waals surface area contributed by atoms with Gasteiger partial charge in [0.2, 0.25) is 0 Å². The molecule has 0 aromatic heterocycles. The van der Waals surface area contributed by atoms with Gasteiger partial charge < -0.3 is 0 Å². The summed E-state index contributed by atoms with van der Waals surface area (Å²) in [6, 6.07) is 10.4. The monoisotopic (exact) mass is 189 g/mol. The Morgan fingerprint density at radius 1 is 1.21 bits per heavy atom. The van der Waals surface area contributed by atoms with Gasteiger partial charge in [-0.1, -0.05) is 43.7 Å². The minimum atomic E-state index is -0.369. The second-order valence-corrected chi connectivity index (χ2v) is 3.61. The molecule has 1 nitrogen and oxygen atoms in total. The van der Waals surface area contributed by atoms with E-state index in [1.807, 2.05) is 52.8 Å². The fraction of sp³-hybridized carbons (Fsp3) is 0.462. The largest absolute Gasteiger partial charge is 0.197 e. The first kappa shape index (κ1) is 12.7. The average molecular weight is 189 g/mol. The Hall–Kier alpha value is -1.29. The van der Waals surface area contributed by atoms with Crippen LogP contribution in [-0.2, 0) is 5.41 Å². The molecule has 1 aromatic rings. The van der Waals surface area contributed by atoms with Crippen LogP contribution < -0.4 is 0 Å². The Morgan fingerprint density at radius 3 is 2.21 bits per heavy atom. The lowest BCUT2D eigenvalue weighted by Gasteiger charge is -2.15. The fourth-order valence-electron chi connectivity index (χ4n) is 1.10. The SMILES string of the molecule is CC.Cc1cccc(C(C)(C)C#N)c1. The number of benzene rings is 1. The summed E-state index contributed by atoms with van der Waals surface area (Å²) in [7, 11) is 0. The standard InChI is InChI=1S/C11H13N.C2H6/c1-9-5-4-6-10(7-9)11(2,3)8-12;1-2/h4-7H,1-3H3;1-2H3. The van der Waals surface area contributed by atoms with Gasteiger partial charge in [0.1, 0.15) is 0 Å². The van der Waals surface area contributed by atoms with E-state index in [-0.39, 0.29) is 5.41 Å². The number of nitrogens with zero attached hydrogens (tertiary/aromatic N) is 1. The molecule has 0 fully saturated rings. The van der Waals surface area contributed by atoms with Gasteiger partial charge in [-0.2, -0.15) is 5.26 Å². The molecular weight excluding hydrogens is 170 g/mol. The minimum Gasteiger partial charge on any atom is -0.197 e. The Labute approximate surface area is 87.4 Å². The van der Waals surface area contributed by atoms with Crippen molar-refractivity contribution in [2.24, 2.45) is 0 Å². The van der Waals surface area contributed by atoms with Crippen LogP contribution in [0.1, 0.15) is 38.8 Å². The summed E-state index contributed by atoms with van der Waals surface area (Å²) in [6.45, 7) is 9.90. The van der Waals surface area contributed by atoms with Gasteiger partial charge in [0, 0.05) is 0 Å². The molecule has 0 unspecified atom stereocenters. The molecule has 0 aliphatic carbocycles. The zero-order valence-corrected chi connectivity index (χ0v) is 9.76. The number of hydrogen-bond donors (Lipinski definition) is 0. The minimum absolute atomic E-state index is 0.369. The van der Waals surface area contributed by atoms with Gasteiger partial charge >= 0.3 is 0 Å². The lowest BCUT2D eigenvalue weighted by atomic mass is 9.86. The Bertz CT molecular complexity index is 318. The van der Waals surface area contributed by atoms with Crippen LogP contribution in [0, 0.1) is 18.3 Å². The number of nitriles is 1. The van der Waals surface area contributed by atoms with E-state index in [1.54, 1.807) is 0 Å². The molecule has 1 rings (SSSR count). The number of hydrogen-bond acceptors (Lipinski definition) is 1. The van der Waals surface area contributed by atoms with Gasteiger partial charge in [-0.25, -0.2) is 0 Å². The van der Waals surface area contributed by atoms with Crippen molar-refractivity contribution < 1.29 is 0 Å². The van der Waals surface area contributed by atoms with Crippen LogP contribution in [0.25, 0.3) is 0 Å². The Balaban J connectivity index is 0.000000791. The van der Waals surface area contributed by atoms with Crippen molar-refractivity contribution in [1.29, 1.82) is 5.26 Å². The number of aryl methyl sites for hydroxylation is 1. The first-order chi connectivity index (χ1) is 6.56. The molecule has 0 radical (unpaired) electrons. The van der Waals surface area contributed by atoms with Gasteiger partial charge in [0.25, 0.3) is 0 Å². The van der Waals surface area contributed by atoms with E-state index in [9.17, 15) is 0 Å². The van der Waals surface area contributed by atoms with E-state index in [4.69, 9.17) is 5.26 Å². The first-order valence-electron chi connectivity index (χ1n) is 5.04. The molecular formula is C13H19N.